The van der Waals surface area contributed by atoms with Crippen LogP contribution in [0, 0.1) is 0 Å². The Hall–Kier alpha value is -1.53. The lowest BCUT2D eigenvalue weighted by molar-refractivity contribution is 0.113. The molecule has 3 heterocycles. The smallest absolute Gasteiger partial charge is 0.191 e. The number of guanidine groups is 1. The van der Waals surface area contributed by atoms with Gasteiger partial charge in [-0.15, -0.1) is 0 Å². The lowest BCUT2D eigenvalue weighted by Crippen LogP contribution is -2.44. The minimum atomic E-state index is 0.258. The SMILES string of the molecule is CN=C(NCC1CCCO1)NCC(c1ccco1)N1CCCC1. The highest BCUT2D eigenvalue weighted by Crippen LogP contribution is 2.24. The van der Waals surface area contributed by atoms with Gasteiger partial charge < -0.3 is 19.8 Å². The van der Waals surface area contributed by atoms with E-state index in [1.807, 2.05) is 13.1 Å². The molecular weight excluding hydrogens is 292 g/mol. The number of rotatable bonds is 6. The van der Waals surface area contributed by atoms with Crippen LogP contribution in [0.2, 0.25) is 0 Å². The molecule has 0 aromatic carbocycles. The highest BCUT2D eigenvalue weighted by Gasteiger charge is 2.25. The van der Waals surface area contributed by atoms with Gasteiger partial charge in [-0.25, -0.2) is 0 Å². The van der Waals surface area contributed by atoms with Gasteiger partial charge in [0.05, 0.1) is 18.4 Å². The molecule has 2 aliphatic heterocycles. The third-order valence-corrected chi connectivity index (χ3v) is 4.66. The molecule has 23 heavy (non-hydrogen) atoms. The number of likely N-dealkylation sites (tertiary alicyclic amines) is 1. The van der Waals surface area contributed by atoms with Crippen LogP contribution in [0.1, 0.15) is 37.5 Å². The van der Waals surface area contributed by atoms with Crippen LogP contribution < -0.4 is 10.6 Å². The van der Waals surface area contributed by atoms with E-state index in [1.165, 1.54) is 12.8 Å². The first-order valence-corrected chi connectivity index (χ1v) is 8.70. The lowest BCUT2D eigenvalue weighted by Gasteiger charge is -2.27. The quantitative estimate of drug-likeness (QED) is 0.618. The number of nitrogens with one attached hydrogen (secondary N) is 2. The molecule has 0 radical (unpaired) electrons. The molecule has 6 nitrogen and oxygen atoms in total. The van der Waals surface area contributed by atoms with Crippen molar-refractivity contribution < 1.29 is 9.15 Å². The van der Waals surface area contributed by atoms with Gasteiger partial charge in [0.1, 0.15) is 5.76 Å². The average molecular weight is 320 g/mol. The fourth-order valence-corrected chi connectivity index (χ4v) is 3.37. The second-order valence-corrected chi connectivity index (χ2v) is 6.24. The van der Waals surface area contributed by atoms with Crippen molar-refractivity contribution in [3.05, 3.63) is 24.2 Å². The van der Waals surface area contributed by atoms with Crippen molar-refractivity contribution in [1.82, 2.24) is 15.5 Å². The van der Waals surface area contributed by atoms with E-state index in [-0.39, 0.29) is 6.04 Å². The molecule has 2 saturated heterocycles. The van der Waals surface area contributed by atoms with Crippen molar-refractivity contribution in [1.29, 1.82) is 0 Å². The summed E-state index contributed by atoms with van der Waals surface area (Å²) in [6.45, 7) is 4.76. The first-order valence-electron chi connectivity index (χ1n) is 8.70. The van der Waals surface area contributed by atoms with Crippen molar-refractivity contribution in [2.45, 2.75) is 37.8 Å². The Morgan fingerprint density at radius 2 is 2.22 bits per heavy atom. The molecule has 0 amide bonds. The van der Waals surface area contributed by atoms with Gasteiger partial charge >= 0.3 is 0 Å². The fraction of sp³-hybridized carbons (Fsp3) is 0.706. The van der Waals surface area contributed by atoms with Gasteiger partial charge in [0, 0.05) is 26.7 Å². The first kappa shape index (κ1) is 16.3. The van der Waals surface area contributed by atoms with Gasteiger partial charge in [-0.2, -0.15) is 0 Å². The van der Waals surface area contributed by atoms with E-state index in [2.05, 4.69) is 26.6 Å². The summed E-state index contributed by atoms with van der Waals surface area (Å²) in [6.07, 6.45) is 6.89. The minimum Gasteiger partial charge on any atom is -0.468 e. The fourth-order valence-electron chi connectivity index (χ4n) is 3.37. The van der Waals surface area contributed by atoms with Crippen molar-refractivity contribution in [3.63, 3.8) is 0 Å². The molecule has 6 heteroatoms. The molecule has 0 saturated carbocycles. The second kappa shape index (κ2) is 8.36. The molecular formula is C17H28N4O2. The van der Waals surface area contributed by atoms with Gasteiger partial charge in [0.25, 0.3) is 0 Å². The number of hydrogen-bond acceptors (Lipinski definition) is 4. The van der Waals surface area contributed by atoms with Gasteiger partial charge in [0.2, 0.25) is 0 Å². The number of ether oxygens (including phenoxy) is 1. The molecule has 2 N–H and O–H groups in total. The average Bonchev–Trinajstić information content (AvgIpc) is 3.34. The van der Waals surface area contributed by atoms with Crippen LogP contribution in [-0.2, 0) is 4.74 Å². The maximum absolute atomic E-state index is 5.65. The molecule has 3 rings (SSSR count). The maximum atomic E-state index is 5.65. The number of nitrogens with zero attached hydrogens (tertiary/aromatic N) is 2. The summed E-state index contributed by atoms with van der Waals surface area (Å²) in [5.41, 5.74) is 0. The van der Waals surface area contributed by atoms with Crippen LogP contribution in [0.3, 0.4) is 0 Å². The molecule has 0 spiro atoms. The molecule has 128 valence electrons. The van der Waals surface area contributed by atoms with Crippen LogP contribution in [0.15, 0.2) is 27.8 Å². The summed E-state index contributed by atoms with van der Waals surface area (Å²) in [5.74, 6) is 1.85. The highest BCUT2D eigenvalue weighted by molar-refractivity contribution is 5.79. The van der Waals surface area contributed by atoms with Crippen molar-refractivity contribution in [2.75, 3.05) is 39.8 Å². The van der Waals surface area contributed by atoms with E-state index in [1.54, 1.807) is 6.26 Å². The zero-order chi connectivity index (χ0) is 15.9. The maximum Gasteiger partial charge on any atom is 0.191 e. The summed E-state index contributed by atoms with van der Waals surface area (Å²) >= 11 is 0. The lowest BCUT2D eigenvalue weighted by atomic mass is 10.2. The van der Waals surface area contributed by atoms with E-state index < -0.39 is 0 Å². The summed E-state index contributed by atoms with van der Waals surface area (Å²) in [5, 5.41) is 6.81. The minimum absolute atomic E-state index is 0.258. The predicted octanol–water partition coefficient (Wildman–Crippen LogP) is 1.76. The Morgan fingerprint density at radius 3 is 2.87 bits per heavy atom. The van der Waals surface area contributed by atoms with Crippen molar-refractivity contribution in [2.24, 2.45) is 4.99 Å². The topological polar surface area (TPSA) is 62.0 Å². The van der Waals surface area contributed by atoms with E-state index >= 15 is 0 Å². The van der Waals surface area contributed by atoms with E-state index in [9.17, 15) is 0 Å². The predicted molar refractivity (Wildman–Crippen MR) is 90.6 cm³/mol. The van der Waals surface area contributed by atoms with E-state index in [0.717, 1.165) is 57.3 Å². The monoisotopic (exact) mass is 320 g/mol. The Morgan fingerprint density at radius 1 is 1.35 bits per heavy atom. The van der Waals surface area contributed by atoms with Gasteiger partial charge in [-0.1, -0.05) is 0 Å². The molecule has 0 bridgehead atoms. The van der Waals surface area contributed by atoms with Crippen LogP contribution in [0.5, 0.6) is 0 Å². The summed E-state index contributed by atoms with van der Waals surface area (Å²) < 4.78 is 11.3. The normalized spacial score (nSPS) is 24.0. The number of furan rings is 1. The number of aliphatic imine (C=N–C) groups is 1. The van der Waals surface area contributed by atoms with Gasteiger partial charge in [-0.3, -0.25) is 9.89 Å². The molecule has 2 fully saturated rings. The van der Waals surface area contributed by atoms with Crippen LogP contribution in [0.25, 0.3) is 0 Å². The third kappa shape index (κ3) is 4.48. The van der Waals surface area contributed by atoms with Crippen LogP contribution >= 0.6 is 0 Å². The number of hydrogen-bond donors (Lipinski definition) is 2. The van der Waals surface area contributed by atoms with E-state index in [4.69, 9.17) is 9.15 Å². The largest absolute Gasteiger partial charge is 0.468 e. The second-order valence-electron chi connectivity index (χ2n) is 6.24. The first-order chi connectivity index (χ1) is 11.4. The van der Waals surface area contributed by atoms with Crippen molar-refractivity contribution >= 4 is 5.96 Å². The Balaban J connectivity index is 1.52. The van der Waals surface area contributed by atoms with Crippen molar-refractivity contribution in [3.8, 4) is 0 Å². The summed E-state index contributed by atoms with van der Waals surface area (Å²) in [7, 11) is 1.81. The standard InChI is InChI=1S/C17H28N4O2/c1-18-17(19-12-14-6-4-10-22-14)20-13-15(16-7-5-11-23-16)21-8-2-3-9-21/h5,7,11,14-15H,2-4,6,8-10,12-13H2,1H3,(H2,18,19,20). The van der Waals surface area contributed by atoms with Gasteiger partial charge in [0.15, 0.2) is 5.96 Å². The summed E-state index contributed by atoms with van der Waals surface area (Å²) in [4.78, 5) is 6.80. The zero-order valence-corrected chi connectivity index (χ0v) is 14.0. The third-order valence-electron chi connectivity index (χ3n) is 4.66. The molecule has 1 aromatic heterocycles. The van der Waals surface area contributed by atoms with Gasteiger partial charge in [-0.05, 0) is 50.9 Å². The van der Waals surface area contributed by atoms with Crippen LogP contribution in [-0.4, -0.2) is 56.8 Å². The van der Waals surface area contributed by atoms with Crippen LogP contribution in [0.4, 0.5) is 0 Å². The van der Waals surface area contributed by atoms with E-state index in [0.29, 0.717) is 6.10 Å². The summed E-state index contributed by atoms with van der Waals surface area (Å²) in [6, 6.07) is 4.28. The zero-order valence-electron chi connectivity index (χ0n) is 14.0. The molecule has 1 aromatic rings. The Labute approximate surface area is 138 Å². The Bertz CT molecular complexity index is 477. The molecule has 2 unspecified atom stereocenters. The molecule has 2 aliphatic rings. The highest BCUT2D eigenvalue weighted by atomic mass is 16.5. The molecule has 0 aliphatic carbocycles. The molecule has 2 atom stereocenters. The Kier molecular flexibility index (Phi) is 5.93.